The summed E-state index contributed by atoms with van der Waals surface area (Å²) in [5.41, 5.74) is 0. The number of rotatable bonds is 4. The molecule has 0 radical (unpaired) electrons. The van der Waals surface area contributed by atoms with Crippen molar-refractivity contribution < 1.29 is 13.2 Å². The zero-order valence-electron chi connectivity index (χ0n) is 14.2. The molecule has 1 aliphatic carbocycles. The lowest BCUT2D eigenvalue weighted by molar-refractivity contribution is -0.125. The highest BCUT2D eigenvalue weighted by Crippen LogP contribution is 2.30. The zero-order valence-corrected chi connectivity index (χ0v) is 15.8. The van der Waals surface area contributed by atoms with Crippen molar-refractivity contribution in [3.8, 4) is 0 Å². The number of amides is 1. The normalized spacial score (nSPS) is 24.0. The first-order valence-corrected chi connectivity index (χ1v) is 11.1. The molecule has 1 amide bonds. The molecule has 24 heavy (non-hydrogen) atoms. The van der Waals surface area contributed by atoms with Gasteiger partial charge in [-0.25, -0.2) is 8.42 Å². The molecule has 5 nitrogen and oxygen atoms in total. The lowest BCUT2D eigenvalue weighted by atomic mass is 10.1. The summed E-state index contributed by atoms with van der Waals surface area (Å²) in [6.45, 7) is 2.33. The molecule has 1 N–H and O–H groups in total. The fourth-order valence-electron chi connectivity index (χ4n) is 3.68. The first-order valence-electron chi connectivity index (χ1n) is 8.87. The third kappa shape index (κ3) is 3.83. The second-order valence-corrected chi connectivity index (χ2v) is 10.2. The van der Waals surface area contributed by atoms with Gasteiger partial charge in [0.25, 0.3) is 10.0 Å². The van der Waals surface area contributed by atoms with E-state index in [9.17, 15) is 13.2 Å². The topological polar surface area (TPSA) is 66.5 Å². The SMILES string of the molecule is Cc1ccc(S(=O)(=O)N2CCCC2C(=O)NC2CCCCCC2)s1. The van der Waals surface area contributed by atoms with Crippen LogP contribution in [0.15, 0.2) is 16.3 Å². The van der Waals surface area contributed by atoms with Gasteiger partial charge in [0.1, 0.15) is 10.3 Å². The number of nitrogens with one attached hydrogen (secondary N) is 1. The van der Waals surface area contributed by atoms with Crippen LogP contribution in [0.25, 0.3) is 0 Å². The predicted molar refractivity (Wildman–Crippen MR) is 95.6 cm³/mol. The highest BCUT2D eigenvalue weighted by atomic mass is 32.2. The monoisotopic (exact) mass is 370 g/mol. The molecule has 1 aromatic heterocycles. The average Bonchev–Trinajstić information content (AvgIpc) is 3.13. The Morgan fingerprint density at radius 3 is 2.46 bits per heavy atom. The molecule has 2 heterocycles. The number of thiophene rings is 1. The summed E-state index contributed by atoms with van der Waals surface area (Å²) < 4.78 is 27.5. The molecule has 1 saturated heterocycles. The maximum atomic E-state index is 12.9. The number of carbonyl (C=O) groups excluding carboxylic acids is 1. The Labute approximate surface area is 148 Å². The molecule has 3 rings (SSSR count). The van der Waals surface area contributed by atoms with Crippen molar-refractivity contribution in [3.63, 3.8) is 0 Å². The van der Waals surface area contributed by atoms with Crippen molar-refractivity contribution in [2.24, 2.45) is 0 Å². The van der Waals surface area contributed by atoms with Gasteiger partial charge in [0, 0.05) is 17.5 Å². The number of sulfonamides is 1. The summed E-state index contributed by atoms with van der Waals surface area (Å²) in [6, 6.07) is 3.11. The quantitative estimate of drug-likeness (QED) is 0.829. The number of nitrogens with zero attached hydrogens (tertiary/aromatic N) is 1. The maximum Gasteiger partial charge on any atom is 0.253 e. The number of hydrogen-bond donors (Lipinski definition) is 1. The molecular formula is C17H26N2O3S2. The molecule has 1 unspecified atom stereocenters. The van der Waals surface area contributed by atoms with Crippen LogP contribution in [0.4, 0.5) is 0 Å². The van der Waals surface area contributed by atoms with E-state index in [1.807, 2.05) is 13.0 Å². The van der Waals surface area contributed by atoms with Gasteiger partial charge in [-0.05, 0) is 44.7 Å². The van der Waals surface area contributed by atoms with E-state index in [1.165, 1.54) is 28.5 Å². The first-order chi connectivity index (χ1) is 11.5. The van der Waals surface area contributed by atoms with Crippen molar-refractivity contribution in [2.45, 2.75) is 74.6 Å². The Morgan fingerprint density at radius 2 is 1.83 bits per heavy atom. The number of hydrogen-bond acceptors (Lipinski definition) is 4. The van der Waals surface area contributed by atoms with Crippen LogP contribution in [0.3, 0.4) is 0 Å². The molecule has 0 spiro atoms. The van der Waals surface area contributed by atoms with Gasteiger partial charge in [0.05, 0.1) is 0 Å². The minimum absolute atomic E-state index is 0.115. The lowest BCUT2D eigenvalue weighted by Gasteiger charge is -2.25. The summed E-state index contributed by atoms with van der Waals surface area (Å²) >= 11 is 1.27. The van der Waals surface area contributed by atoms with E-state index in [4.69, 9.17) is 0 Å². The van der Waals surface area contributed by atoms with Gasteiger partial charge in [-0.3, -0.25) is 4.79 Å². The van der Waals surface area contributed by atoms with E-state index >= 15 is 0 Å². The maximum absolute atomic E-state index is 12.9. The van der Waals surface area contributed by atoms with E-state index in [0.717, 1.165) is 37.0 Å². The van der Waals surface area contributed by atoms with Crippen molar-refractivity contribution >= 4 is 27.3 Å². The largest absolute Gasteiger partial charge is 0.352 e. The van der Waals surface area contributed by atoms with Gasteiger partial charge >= 0.3 is 0 Å². The Hall–Kier alpha value is -0.920. The van der Waals surface area contributed by atoms with E-state index in [1.54, 1.807) is 6.07 Å². The molecule has 7 heteroatoms. The van der Waals surface area contributed by atoms with Gasteiger partial charge in [-0.2, -0.15) is 4.31 Å². The molecular weight excluding hydrogens is 344 g/mol. The molecule has 1 aliphatic heterocycles. The predicted octanol–water partition coefficient (Wildman–Crippen LogP) is 3.05. The molecule has 1 aromatic rings. The Bertz CT molecular complexity index is 676. The van der Waals surface area contributed by atoms with Gasteiger partial charge in [0.2, 0.25) is 5.91 Å². The second-order valence-electron chi connectivity index (χ2n) is 6.84. The van der Waals surface area contributed by atoms with Crippen molar-refractivity contribution in [1.29, 1.82) is 0 Å². The van der Waals surface area contributed by atoms with Crippen LogP contribution < -0.4 is 5.32 Å². The van der Waals surface area contributed by atoms with Gasteiger partial charge < -0.3 is 5.32 Å². The van der Waals surface area contributed by atoms with Crippen molar-refractivity contribution in [1.82, 2.24) is 9.62 Å². The van der Waals surface area contributed by atoms with Crippen LogP contribution in [0.1, 0.15) is 56.2 Å². The smallest absolute Gasteiger partial charge is 0.253 e. The van der Waals surface area contributed by atoms with Gasteiger partial charge in [0.15, 0.2) is 0 Å². The fraction of sp³-hybridized carbons (Fsp3) is 0.706. The molecule has 1 saturated carbocycles. The van der Waals surface area contributed by atoms with E-state index in [-0.39, 0.29) is 11.9 Å². The highest BCUT2D eigenvalue weighted by molar-refractivity contribution is 7.91. The first kappa shape index (κ1) is 17.9. The van der Waals surface area contributed by atoms with Crippen molar-refractivity contribution in [3.05, 3.63) is 17.0 Å². The minimum atomic E-state index is -3.57. The average molecular weight is 371 g/mol. The van der Waals surface area contributed by atoms with Crippen LogP contribution in [0.2, 0.25) is 0 Å². The van der Waals surface area contributed by atoms with Crippen molar-refractivity contribution in [2.75, 3.05) is 6.54 Å². The Kier molecular flexibility index (Phi) is 5.62. The molecule has 1 atom stereocenters. The lowest BCUT2D eigenvalue weighted by Crippen LogP contribution is -2.48. The Balaban J connectivity index is 1.71. The Morgan fingerprint density at radius 1 is 1.12 bits per heavy atom. The minimum Gasteiger partial charge on any atom is -0.352 e. The zero-order chi connectivity index (χ0) is 17.2. The summed E-state index contributed by atoms with van der Waals surface area (Å²) in [6.07, 6.45) is 8.12. The second kappa shape index (κ2) is 7.54. The van der Waals surface area contributed by atoms with E-state index in [2.05, 4.69) is 5.32 Å². The molecule has 0 aromatic carbocycles. The number of carbonyl (C=O) groups is 1. The van der Waals surface area contributed by atoms with E-state index in [0.29, 0.717) is 17.2 Å². The summed E-state index contributed by atoms with van der Waals surface area (Å²) in [5.74, 6) is -0.115. The molecule has 0 bridgehead atoms. The van der Waals surface area contributed by atoms with Crippen LogP contribution in [-0.2, 0) is 14.8 Å². The van der Waals surface area contributed by atoms with Crippen LogP contribution >= 0.6 is 11.3 Å². The third-order valence-corrected chi connectivity index (χ3v) is 8.36. The standard InChI is InChI=1S/C17H26N2O3S2/c1-13-10-11-16(23-13)24(21,22)19-12-6-9-15(19)17(20)18-14-7-4-2-3-5-8-14/h10-11,14-15H,2-9,12H2,1H3,(H,18,20). The molecule has 134 valence electrons. The highest BCUT2D eigenvalue weighted by Gasteiger charge is 2.40. The van der Waals surface area contributed by atoms with Gasteiger partial charge in [-0.15, -0.1) is 11.3 Å². The van der Waals surface area contributed by atoms with Crippen LogP contribution in [0, 0.1) is 6.92 Å². The van der Waals surface area contributed by atoms with E-state index < -0.39 is 16.1 Å². The number of aryl methyl sites for hydroxylation is 1. The fourth-order valence-corrected chi connectivity index (χ4v) is 6.75. The third-order valence-electron chi connectivity index (χ3n) is 4.99. The summed E-state index contributed by atoms with van der Waals surface area (Å²) in [4.78, 5) is 13.7. The molecule has 2 aliphatic rings. The van der Waals surface area contributed by atoms with Crippen LogP contribution in [-0.4, -0.2) is 37.3 Å². The summed E-state index contributed by atoms with van der Waals surface area (Å²) in [5, 5.41) is 3.12. The van der Waals surface area contributed by atoms with Crippen LogP contribution in [0.5, 0.6) is 0 Å². The van der Waals surface area contributed by atoms with Gasteiger partial charge in [-0.1, -0.05) is 25.7 Å². The summed E-state index contributed by atoms with van der Waals surface area (Å²) in [7, 11) is -3.57. The molecule has 2 fully saturated rings.